The molecule has 11 heteroatoms. The maximum atomic E-state index is 14.7. The van der Waals surface area contributed by atoms with E-state index in [0.29, 0.717) is 31.3 Å². The quantitative estimate of drug-likeness (QED) is 0.366. The van der Waals surface area contributed by atoms with Gasteiger partial charge in [-0.25, -0.2) is 12.8 Å². The van der Waals surface area contributed by atoms with Crippen LogP contribution in [0.1, 0.15) is 26.3 Å². The van der Waals surface area contributed by atoms with Gasteiger partial charge in [0.05, 0.1) is 10.6 Å². The van der Waals surface area contributed by atoms with Crippen molar-refractivity contribution in [2.75, 3.05) is 30.6 Å². The van der Waals surface area contributed by atoms with Gasteiger partial charge in [0.2, 0.25) is 11.8 Å². The molecule has 218 valence electrons. The number of ether oxygens (including phenoxy) is 2. The fraction of sp³-hybridized carbons (Fsp3) is 0.333. The Morgan fingerprint density at radius 3 is 2.27 bits per heavy atom. The highest BCUT2D eigenvalue weighted by Crippen LogP contribution is 2.36. The van der Waals surface area contributed by atoms with Gasteiger partial charge in [0.15, 0.2) is 11.5 Å². The Bertz CT molecular complexity index is 1480. The molecule has 0 spiro atoms. The van der Waals surface area contributed by atoms with Crippen LogP contribution in [-0.2, 0) is 26.2 Å². The average molecular weight is 584 g/mol. The van der Waals surface area contributed by atoms with Crippen molar-refractivity contribution in [3.8, 4) is 11.5 Å². The van der Waals surface area contributed by atoms with E-state index in [9.17, 15) is 22.4 Å². The molecule has 3 aromatic rings. The zero-order valence-electron chi connectivity index (χ0n) is 23.2. The lowest BCUT2D eigenvalue weighted by atomic mass is 10.1. The Balaban J connectivity index is 1.72. The summed E-state index contributed by atoms with van der Waals surface area (Å²) in [5, 5.41) is 2.80. The van der Waals surface area contributed by atoms with E-state index in [0.717, 1.165) is 4.31 Å². The molecule has 0 saturated carbocycles. The average Bonchev–Trinajstić information content (AvgIpc) is 2.97. The minimum Gasteiger partial charge on any atom is -0.486 e. The lowest BCUT2D eigenvalue weighted by molar-refractivity contribution is -0.139. The van der Waals surface area contributed by atoms with Crippen LogP contribution >= 0.6 is 0 Å². The first-order valence-electron chi connectivity index (χ1n) is 13.4. The molecule has 0 aliphatic carbocycles. The first-order chi connectivity index (χ1) is 19.6. The third-order valence-corrected chi connectivity index (χ3v) is 8.36. The van der Waals surface area contributed by atoms with Crippen molar-refractivity contribution in [1.82, 2.24) is 10.2 Å². The van der Waals surface area contributed by atoms with Crippen LogP contribution < -0.4 is 19.1 Å². The van der Waals surface area contributed by atoms with Crippen molar-refractivity contribution in [2.45, 2.75) is 38.3 Å². The van der Waals surface area contributed by atoms with Gasteiger partial charge in [-0.1, -0.05) is 50.2 Å². The predicted molar refractivity (Wildman–Crippen MR) is 153 cm³/mol. The Morgan fingerprint density at radius 2 is 1.59 bits per heavy atom. The number of nitrogens with one attached hydrogen (secondary N) is 1. The highest BCUT2D eigenvalue weighted by Gasteiger charge is 2.33. The molecule has 0 aromatic heterocycles. The monoisotopic (exact) mass is 583 g/mol. The zero-order chi connectivity index (χ0) is 29.6. The van der Waals surface area contributed by atoms with Gasteiger partial charge in [0, 0.05) is 24.7 Å². The molecule has 1 atom stereocenters. The molecule has 0 bridgehead atoms. The molecule has 1 unspecified atom stereocenters. The normalized spacial score (nSPS) is 13.4. The summed E-state index contributed by atoms with van der Waals surface area (Å²) < 4.78 is 54.7. The van der Waals surface area contributed by atoms with Crippen LogP contribution in [-0.4, -0.2) is 57.5 Å². The smallest absolute Gasteiger partial charge is 0.264 e. The van der Waals surface area contributed by atoms with E-state index >= 15 is 0 Å². The molecule has 0 fully saturated rings. The summed E-state index contributed by atoms with van der Waals surface area (Å²) in [6.07, 6.45) is 0. The summed E-state index contributed by atoms with van der Waals surface area (Å²) in [5.74, 6) is -0.682. The number of anilines is 1. The number of fused-ring (bicyclic) bond motifs is 1. The molecule has 9 nitrogen and oxygen atoms in total. The van der Waals surface area contributed by atoms with Gasteiger partial charge in [0.25, 0.3) is 10.0 Å². The fourth-order valence-electron chi connectivity index (χ4n) is 4.28. The fourth-order valence-corrected chi connectivity index (χ4v) is 5.71. The Morgan fingerprint density at radius 1 is 0.927 bits per heavy atom. The largest absolute Gasteiger partial charge is 0.486 e. The van der Waals surface area contributed by atoms with Gasteiger partial charge in [-0.3, -0.25) is 13.9 Å². The molecule has 41 heavy (non-hydrogen) atoms. The first-order valence-corrected chi connectivity index (χ1v) is 14.8. The number of nitrogens with zero attached hydrogens (tertiary/aromatic N) is 2. The molecule has 4 rings (SSSR count). The topological polar surface area (TPSA) is 105 Å². The van der Waals surface area contributed by atoms with Crippen molar-refractivity contribution in [2.24, 2.45) is 5.92 Å². The number of carbonyl (C=O) groups excluding carboxylic acids is 2. The third kappa shape index (κ3) is 7.15. The predicted octanol–water partition coefficient (Wildman–Crippen LogP) is 3.98. The molecule has 2 amide bonds. The highest BCUT2D eigenvalue weighted by atomic mass is 32.2. The Labute approximate surface area is 239 Å². The van der Waals surface area contributed by atoms with E-state index in [1.54, 1.807) is 30.3 Å². The van der Waals surface area contributed by atoms with Gasteiger partial charge in [-0.15, -0.1) is 0 Å². The second-order valence-corrected chi connectivity index (χ2v) is 11.9. The molecule has 0 radical (unpaired) electrons. The number of amides is 2. The van der Waals surface area contributed by atoms with Crippen LogP contribution in [0.3, 0.4) is 0 Å². The van der Waals surface area contributed by atoms with E-state index < -0.39 is 40.2 Å². The summed E-state index contributed by atoms with van der Waals surface area (Å²) in [6, 6.07) is 17.3. The van der Waals surface area contributed by atoms with E-state index in [1.807, 2.05) is 13.8 Å². The van der Waals surface area contributed by atoms with Crippen molar-refractivity contribution < 1.29 is 31.9 Å². The number of carbonyl (C=O) groups is 2. The first kappa shape index (κ1) is 29.9. The van der Waals surface area contributed by atoms with E-state index in [2.05, 4.69) is 5.32 Å². The van der Waals surface area contributed by atoms with Crippen molar-refractivity contribution >= 4 is 27.5 Å². The van der Waals surface area contributed by atoms with Crippen LogP contribution in [0.25, 0.3) is 0 Å². The standard InChI is InChI=1S/C30H34FN3O6S/c1-21(2)18-32-30(36)22(3)33(19-23-9-7-8-12-26(23)31)29(35)20-34(41(37,38)25-10-5-4-6-11-25)24-13-14-27-28(17-24)40-16-15-39-27/h4-14,17,21-22H,15-16,18-20H2,1-3H3,(H,32,36). The van der Waals surface area contributed by atoms with Crippen molar-refractivity contribution in [3.63, 3.8) is 0 Å². The molecule has 1 aliphatic heterocycles. The number of halogens is 1. The zero-order valence-corrected chi connectivity index (χ0v) is 24.1. The van der Waals surface area contributed by atoms with Gasteiger partial charge < -0.3 is 19.7 Å². The van der Waals surface area contributed by atoms with Crippen LogP contribution in [0.4, 0.5) is 10.1 Å². The molecule has 1 aliphatic rings. The Kier molecular flexibility index (Phi) is 9.49. The SMILES string of the molecule is CC(C)CNC(=O)C(C)N(Cc1ccccc1F)C(=O)CN(c1ccc2c(c1)OCCO2)S(=O)(=O)c1ccccc1. The number of rotatable bonds is 11. The number of hydrogen-bond acceptors (Lipinski definition) is 6. The minimum absolute atomic E-state index is 0.0222. The molecular weight excluding hydrogens is 549 g/mol. The van der Waals surface area contributed by atoms with Crippen LogP contribution in [0.2, 0.25) is 0 Å². The maximum absolute atomic E-state index is 14.7. The summed E-state index contributed by atoms with van der Waals surface area (Å²) in [4.78, 5) is 28.2. The Hall–Kier alpha value is -4.12. The summed E-state index contributed by atoms with van der Waals surface area (Å²) in [6.45, 7) is 5.57. The van der Waals surface area contributed by atoms with E-state index in [-0.39, 0.29) is 28.6 Å². The molecule has 1 heterocycles. The summed E-state index contributed by atoms with van der Waals surface area (Å²) >= 11 is 0. The molecule has 3 aromatic carbocycles. The molecule has 1 N–H and O–H groups in total. The summed E-state index contributed by atoms with van der Waals surface area (Å²) in [7, 11) is -4.24. The number of hydrogen-bond donors (Lipinski definition) is 1. The van der Waals surface area contributed by atoms with E-state index in [1.165, 1.54) is 54.3 Å². The highest BCUT2D eigenvalue weighted by molar-refractivity contribution is 7.92. The molecule has 0 saturated heterocycles. The lowest BCUT2D eigenvalue weighted by Gasteiger charge is -2.32. The number of sulfonamides is 1. The second kappa shape index (κ2) is 13.0. The van der Waals surface area contributed by atoms with Crippen LogP contribution in [0.5, 0.6) is 11.5 Å². The van der Waals surface area contributed by atoms with Crippen LogP contribution in [0, 0.1) is 11.7 Å². The van der Waals surface area contributed by atoms with Gasteiger partial charge in [0.1, 0.15) is 31.6 Å². The van der Waals surface area contributed by atoms with Crippen molar-refractivity contribution in [1.29, 1.82) is 0 Å². The maximum Gasteiger partial charge on any atom is 0.264 e. The van der Waals surface area contributed by atoms with Crippen LogP contribution in [0.15, 0.2) is 77.7 Å². The molecular formula is C30H34FN3O6S. The number of benzene rings is 3. The van der Waals surface area contributed by atoms with E-state index in [4.69, 9.17) is 9.47 Å². The second-order valence-electron chi connectivity index (χ2n) is 10.1. The minimum atomic E-state index is -4.24. The van der Waals surface area contributed by atoms with Gasteiger partial charge >= 0.3 is 0 Å². The van der Waals surface area contributed by atoms with Gasteiger partial charge in [-0.2, -0.15) is 0 Å². The van der Waals surface area contributed by atoms with Gasteiger partial charge in [-0.05, 0) is 43.2 Å². The summed E-state index contributed by atoms with van der Waals surface area (Å²) in [5.41, 5.74) is 0.371. The lowest BCUT2D eigenvalue weighted by Crippen LogP contribution is -2.51. The third-order valence-electron chi connectivity index (χ3n) is 6.57. The van der Waals surface area contributed by atoms with Crippen molar-refractivity contribution in [3.05, 3.63) is 84.2 Å².